The Labute approximate surface area is 236 Å². The van der Waals surface area contributed by atoms with Crippen LogP contribution in [0, 0.1) is 41.5 Å². The number of hydrogen-bond donors (Lipinski definition) is 1. The molecule has 40 heavy (non-hydrogen) atoms. The van der Waals surface area contributed by atoms with Crippen LogP contribution in [0.1, 0.15) is 50.7 Å². The van der Waals surface area contributed by atoms with Crippen molar-refractivity contribution in [3.8, 4) is 0 Å². The number of amides is 4. The van der Waals surface area contributed by atoms with Gasteiger partial charge in [0.05, 0.1) is 11.4 Å². The van der Waals surface area contributed by atoms with Gasteiger partial charge in [0.2, 0.25) is 0 Å². The van der Waals surface area contributed by atoms with Crippen LogP contribution in [0.3, 0.4) is 0 Å². The monoisotopic (exact) mass is 530 g/mol. The van der Waals surface area contributed by atoms with E-state index in [0.717, 1.165) is 50.3 Å². The molecule has 1 saturated heterocycles. The number of nitrogens with zero attached hydrogens (tertiary/aromatic N) is 3. The van der Waals surface area contributed by atoms with Crippen molar-refractivity contribution in [3.05, 3.63) is 129 Å². The van der Waals surface area contributed by atoms with Gasteiger partial charge < -0.3 is 5.32 Å². The normalized spacial score (nSPS) is 15.8. The third-order valence-electron chi connectivity index (χ3n) is 7.21. The molecule has 1 atom stereocenters. The number of benzene rings is 4. The van der Waals surface area contributed by atoms with Gasteiger partial charge in [0.25, 0.3) is 0 Å². The quantitative estimate of drug-likeness (QED) is 0.215. The Morgan fingerprint density at radius 3 is 1.75 bits per heavy atom. The Morgan fingerprint density at radius 1 is 0.700 bits per heavy atom. The Hall–Kier alpha value is -4.71. The van der Waals surface area contributed by atoms with Crippen LogP contribution in [0.4, 0.5) is 21.0 Å². The molecule has 6 heteroatoms. The Bertz CT molecular complexity index is 1580. The van der Waals surface area contributed by atoms with Crippen molar-refractivity contribution in [3.63, 3.8) is 0 Å². The fourth-order valence-electron chi connectivity index (χ4n) is 5.67. The maximum absolute atomic E-state index is 14.6. The molecule has 1 unspecified atom stereocenters. The first kappa shape index (κ1) is 26.9. The summed E-state index contributed by atoms with van der Waals surface area (Å²) in [6.07, 6.45) is -0.683. The molecule has 1 aliphatic rings. The zero-order valence-corrected chi connectivity index (χ0v) is 23.8. The van der Waals surface area contributed by atoms with E-state index in [1.807, 2.05) is 102 Å². The second kappa shape index (κ2) is 10.8. The fourth-order valence-corrected chi connectivity index (χ4v) is 5.67. The molecule has 4 aromatic carbocycles. The molecule has 6 nitrogen and oxygen atoms in total. The Kier molecular flexibility index (Phi) is 7.26. The maximum atomic E-state index is 14.6. The first-order valence-corrected chi connectivity index (χ1v) is 13.4. The molecule has 4 aromatic rings. The largest absolute Gasteiger partial charge is 0.340 e. The van der Waals surface area contributed by atoms with Crippen LogP contribution in [0.15, 0.2) is 89.9 Å². The van der Waals surface area contributed by atoms with E-state index in [1.165, 1.54) is 4.90 Å². The van der Waals surface area contributed by atoms with Crippen LogP contribution in [-0.2, 0) is 0 Å². The highest BCUT2D eigenvalue weighted by atomic mass is 16.2. The Morgan fingerprint density at radius 2 is 1.20 bits per heavy atom. The van der Waals surface area contributed by atoms with Gasteiger partial charge in [0.15, 0.2) is 5.84 Å². The summed E-state index contributed by atoms with van der Waals surface area (Å²) >= 11 is 0. The summed E-state index contributed by atoms with van der Waals surface area (Å²) in [6, 6.07) is 26.2. The molecule has 0 saturated carbocycles. The van der Waals surface area contributed by atoms with Gasteiger partial charge in [-0.3, -0.25) is 4.90 Å². The third kappa shape index (κ3) is 5.00. The molecule has 0 aliphatic carbocycles. The number of aryl methyl sites for hydroxylation is 6. The van der Waals surface area contributed by atoms with Crippen LogP contribution < -0.4 is 10.2 Å². The van der Waals surface area contributed by atoms with Gasteiger partial charge in [0, 0.05) is 5.56 Å². The molecule has 1 aliphatic heterocycles. The molecule has 5 rings (SSSR count). The number of aliphatic imine (C=N–C) groups is 1. The second-order valence-corrected chi connectivity index (χ2v) is 10.5. The average Bonchev–Trinajstić information content (AvgIpc) is 2.91. The van der Waals surface area contributed by atoms with Crippen molar-refractivity contribution in [1.82, 2.24) is 10.2 Å². The highest BCUT2D eigenvalue weighted by Crippen LogP contribution is 2.36. The molecule has 1 heterocycles. The van der Waals surface area contributed by atoms with E-state index < -0.39 is 18.2 Å². The van der Waals surface area contributed by atoms with E-state index in [0.29, 0.717) is 5.56 Å². The first-order valence-electron chi connectivity index (χ1n) is 13.4. The van der Waals surface area contributed by atoms with Crippen LogP contribution in [0.5, 0.6) is 0 Å². The van der Waals surface area contributed by atoms with Gasteiger partial charge >= 0.3 is 12.1 Å². The molecule has 0 bridgehead atoms. The number of rotatable bonds is 4. The summed E-state index contributed by atoms with van der Waals surface area (Å²) in [4.78, 5) is 36.4. The minimum atomic E-state index is -0.683. The van der Waals surface area contributed by atoms with E-state index in [2.05, 4.69) is 29.6 Å². The zero-order chi connectivity index (χ0) is 28.6. The first-order chi connectivity index (χ1) is 19.2. The van der Waals surface area contributed by atoms with Crippen molar-refractivity contribution >= 4 is 29.3 Å². The van der Waals surface area contributed by atoms with Gasteiger partial charge in [-0.25, -0.2) is 14.6 Å². The van der Waals surface area contributed by atoms with E-state index in [4.69, 9.17) is 4.99 Å². The topological polar surface area (TPSA) is 65.0 Å². The van der Waals surface area contributed by atoms with Gasteiger partial charge in [0.1, 0.15) is 6.17 Å². The molecule has 0 spiro atoms. The smallest absolute Gasteiger partial charge is 0.312 e. The van der Waals surface area contributed by atoms with Crippen LogP contribution in [-0.4, -0.2) is 22.8 Å². The lowest BCUT2D eigenvalue weighted by atomic mass is 10.0. The van der Waals surface area contributed by atoms with E-state index in [9.17, 15) is 9.59 Å². The van der Waals surface area contributed by atoms with Crippen molar-refractivity contribution in [2.24, 2.45) is 4.99 Å². The van der Waals surface area contributed by atoms with Gasteiger partial charge in [-0.1, -0.05) is 96.1 Å². The fraction of sp³-hybridized carbons (Fsp3) is 0.206. The summed E-state index contributed by atoms with van der Waals surface area (Å²) in [5.74, 6) is 0.275. The van der Waals surface area contributed by atoms with E-state index in [1.54, 1.807) is 4.90 Å². The minimum Gasteiger partial charge on any atom is -0.312 e. The zero-order valence-electron chi connectivity index (χ0n) is 23.8. The van der Waals surface area contributed by atoms with Crippen molar-refractivity contribution in [1.29, 1.82) is 0 Å². The number of amidine groups is 1. The lowest BCUT2D eigenvalue weighted by Gasteiger charge is -2.42. The average molecular weight is 531 g/mol. The SMILES string of the molecule is Cc1cc(C)c(N=C(c2ccccc2)N2C(=O)NC(c3ccccc3)N(c3c(C)cc(C)cc3C)C2=O)c(C)c1. The standard InChI is InChI=1S/C34H34N4O2/c1-21-17-23(3)29(24(4)18-21)35-31(27-13-9-7-10-14-27)38-33(39)36-32(28-15-11-8-12-16-28)37(34(38)40)30-25(5)19-22(2)20-26(30)6/h7-20,32H,1-6H3,(H,36,39). The predicted octanol–water partition coefficient (Wildman–Crippen LogP) is 7.97. The van der Waals surface area contributed by atoms with Crippen LogP contribution >= 0.6 is 0 Å². The van der Waals surface area contributed by atoms with Crippen LogP contribution in [0.25, 0.3) is 0 Å². The molecule has 1 fully saturated rings. The molecule has 0 radical (unpaired) electrons. The minimum absolute atomic E-state index is 0.275. The molecule has 0 aromatic heterocycles. The number of hydrogen-bond acceptors (Lipinski definition) is 3. The number of carbonyl (C=O) groups is 2. The molecule has 4 amide bonds. The summed E-state index contributed by atoms with van der Waals surface area (Å²) < 4.78 is 0. The number of carbonyl (C=O) groups excluding carboxylic acids is 2. The van der Waals surface area contributed by atoms with E-state index >= 15 is 0 Å². The van der Waals surface area contributed by atoms with Gasteiger partial charge in [-0.2, -0.15) is 4.90 Å². The number of imide groups is 1. The summed E-state index contributed by atoms with van der Waals surface area (Å²) in [5, 5.41) is 3.12. The van der Waals surface area contributed by atoms with Crippen molar-refractivity contribution in [2.75, 3.05) is 4.90 Å². The third-order valence-corrected chi connectivity index (χ3v) is 7.21. The van der Waals surface area contributed by atoms with Gasteiger partial charge in [-0.15, -0.1) is 0 Å². The molecular weight excluding hydrogens is 496 g/mol. The summed E-state index contributed by atoms with van der Waals surface area (Å²) in [7, 11) is 0. The molecular formula is C34H34N4O2. The van der Waals surface area contributed by atoms with Gasteiger partial charge in [-0.05, 0) is 69.4 Å². The number of urea groups is 2. The highest BCUT2D eigenvalue weighted by Gasteiger charge is 2.43. The van der Waals surface area contributed by atoms with E-state index in [-0.39, 0.29) is 5.84 Å². The summed E-state index contributed by atoms with van der Waals surface area (Å²) in [6.45, 7) is 12.1. The van der Waals surface area contributed by atoms with Crippen LogP contribution in [0.2, 0.25) is 0 Å². The Balaban J connectivity index is 1.73. The van der Waals surface area contributed by atoms with Crippen molar-refractivity contribution in [2.45, 2.75) is 47.7 Å². The lowest BCUT2D eigenvalue weighted by Crippen LogP contribution is -2.63. The number of nitrogens with one attached hydrogen (secondary N) is 1. The lowest BCUT2D eigenvalue weighted by molar-refractivity contribution is 0.193. The molecule has 202 valence electrons. The summed E-state index contributed by atoms with van der Waals surface area (Å²) in [5.41, 5.74) is 9.07. The highest BCUT2D eigenvalue weighted by molar-refractivity contribution is 6.23. The van der Waals surface area contributed by atoms with Crippen molar-refractivity contribution < 1.29 is 9.59 Å². The second-order valence-electron chi connectivity index (χ2n) is 10.5. The molecule has 1 N–H and O–H groups in total. The number of anilines is 1. The maximum Gasteiger partial charge on any atom is 0.340 e. The predicted molar refractivity (Wildman–Crippen MR) is 161 cm³/mol.